The van der Waals surface area contributed by atoms with Crippen LogP contribution < -0.4 is 10.6 Å². The van der Waals surface area contributed by atoms with Gasteiger partial charge in [0.15, 0.2) is 0 Å². The highest BCUT2D eigenvalue weighted by molar-refractivity contribution is 6.32. The lowest BCUT2D eigenvalue weighted by Gasteiger charge is -2.15. The van der Waals surface area contributed by atoms with Crippen LogP contribution in [-0.2, 0) is 4.79 Å². The molecule has 110 valence electrons. The molecule has 1 aliphatic heterocycles. The van der Waals surface area contributed by atoms with E-state index in [-0.39, 0.29) is 17.5 Å². The second-order valence-corrected chi connectivity index (χ2v) is 5.11. The molecule has 1 heterocycles. The molecule has 0 saturated carbocycles. The van der Waals surface area contributed by atoms with Crippen LogP contribution in [0.4, 0.5) is 10.5 Å². The number of urea groups is 1. The standard InChI is InChI=1S/C14H15ClN4O2/c15-12-7-11(4-3-10(12)8-16)18-14(21)17-9-13(20)19-5-1-2-6-19/h3-4,7H,1-2,5-6,9H2,(H2,17,18,21). The number of hydrogen-bond donors (Lipinski definition) is 2. The molecule has 0 atom stereocenters. The third-order valence-corrected chi connectivity index (χ3v) is 3.52. The number of nitrogens with zero attached hydrogens (tertiary/aromatic N) is 2. The number of likely N-dealkylation sites (tertiary alicyclic amines) is 1. The predicted molar refractivity (Wildman–Crippen MR) is 79.0 cm³/mol. The molecule has 1 saturated heterocycles. The summed E-state index contributed by atoms with van der Waals surface area (Å²) in [6, 6.07) is 6.04. The fraction of sp³-hybridized carbons (Fsp3) is 0.357. The first-order valence-corrected chi connectivity index (χ1v) is 7.00. The van der Waals surface area contributed by atoms with Gasteiger partial charge in [0.25, 0.3) is 0 Å². The van der Waals surface area contributed by atoms with Gasteiger partial charge in [-0.05, 0) is 31.0 Å². The number of amides is 3. The van der Waals surface area contributed by atoms with Gasteiger partial charge in [0.1, 0.15) is 6.07 Å². The fourth-order valence-corrected chi connectivity index (χ4v) is 2.32. The largest absolute Gasteiger partial charge is 0.341 e. The van der Waals surface area contributed by atoms with Crippen molar-refractivity contribution in [2.24, 2.45) is 0 Å². The minimum atomic E-state index is -0.483. The predicted octanol–water partition coefficient (Wildman–Crippen LogP) is 1.96. The second kappa shape index (κ2) is 6.95. The van der Waals surface area contributed by atoms with E-state index in [4.69, 9.17) is 16.9 Å². The number of carbonyl (C=O) groups is 2. The van der Waals surface area contributed by atoms with E-state index >= 15 is 0 Å². The van der Waals surface area contributed by atoms with Gasteiger partial charge in [0.2, 0.25) is 5.91 Å². The molecule has 2 N–H and O–H groups in total. The second-order valence-electron chi connectivity index (χ2n) is 4.70. The van der Waals surface area contributed by atoms with Crippen LogP contribution in [0.25, 0.3) is 0 Å². The minimum Gasteiger partial charge on any atom is -0.341 e. The van der Waals surface area contributed by atoms with E-state index in [0.717, 1.165) is 25.9 Å². The van der Waals surface area contributed by atoms with Crippen LogP contribution >= 0.6 is 11.6 Å². The van der Waals surface area contributed by atoms with Gasteiger partial charge in [-0.1, -0.05) is 11.6 Å². The smallest absolute Gasteiger partial charge is 0.319 e. The molecule has 0 unspecified atom stereocenters. The maximum atomic E-state index is 11.8. The summed E-state index contributed by atoms with van der Waals surface area (Å²) in [6.07, 6.45) is 2.03. The van der Waals surface area contributed by atoms with Crippen LogP contribution in [-0.4, -0.2) is 36.5 Å². The number of hydrogen-bond acceptors (Lipinski definition) is 3. The highest BCUT2D eigenvalue weighted by Gasteiger charge is 2.18. The van der Waals surface area contributed by atoms with Gasteiger partial charge in [-0.3, -0.25) is 4.79 Å². The highest BCUT2D eigenvalue weighted by atomic mass is 35.5. The highest BCUT2D eigenvalue weighted by Crippen LogP contribution is 2.20. The van der Waals surface area contributed by atoms with Crippen LogP contribution in [0.2, 0.25) is 5.02 Å². The molecular weight excluding hydrogens is 292 g/mol. The van der Waals surface area contributed by atoms with Crippen molar-refractivity contribution in [2.75, 3.05) is 25.0 Å². The minimum absolute atomic E-state index is 0.0319. The van der Waals surface area contributed by atoms with E-state index in [1.165, 1.54) is 12.1 Å². The lowest BCUT2D eigenvalue weighted by Crippen LogP contribution is -2.40. The summed E-state index contributed by atoms with van der Waals surface area (Å²) in [5, 5.41) is 14.1. The lowest BCUT2D eigenvalue weighted by atomic mass is 10.2. The Bertz CT molecular complexity index is 591. The Morgan fingerprint density at radius 1 is 1.33 bits per heavy atom. The molecule has 0 aliphatic carbocycles. The normalized spacial score (nSPS) is 13.6. The van der Waals surface area contributed by atoms with Crippen molar-refractivity contribution in [2.45, 2.75) is 12.8 Å². The Labute approximate surface area is 127 Å². The summed E-state index contributed by atoms with van der Waals surface area (Å²) in [6.45, 7) is 1.48. The van der Waals surface area contributed by atoms with E-state index in [9.17, 15) is 9.59 Å². The average Bonchev–Trinajstić information content (AvgIpc) is 2.99. The fourth-order valence-electron chi connectivity index (χ4n) is 2.09. The molecule has 0 aromatic heterocycles. The Morgan fingerprint density at radius 2 is 2.05 bits per heavy atom. The summed E-state index contributed by atoms with van der Waals surface area (Å²) in [5.74, 6) is -0.0829. The summed E-state index contributed by atoms with van der Waals surface area (Å²) in [7, 11) is 0. The van der Waals surface area contributed by atoms with Crippen LogP contribution in [0.15, 0.2) is 18.2 Å². The molecule has 0 radical (unpaired) electrons. The van der Waals surface area contributed by atoms with E-state index in [2.05, 4.69) is 10.6 Å². The van der Waals surface area contributed by atoms with E-state index in [0.29, 0.717) is 11.3 Å². The lowest BCUT2D eigenvalue weighted by molar-refractivity contribution is -0.128. The number of nitrogens with one attached hydrogen (secondary N) is 2. The van der Waals surface area contributed by atoms with Gasteiger partial charge in [-0.2, -0.15) is 5.26 Å². The van der Waals surface area contributed by atoms with Crippen LogP contribution in [0.1, 0.15) is 18.4 Å². The molecule has 7 heteroatoms. The van der Waals surface area contributed by atoms with Gasteiger partial charge < -0.3 is 15.5 Å². The molecule has 1 aromatic carbocycles. The van der Waals surface area contributed by atoms with Crippen LogP contribution in [0.3, 0.4) is 0 Å². The average molecular weight is 307 g/mol. The Kier molecular flexibility index (Phi) is 5.01. The third kappa shape index (κ3) is 4.10. The monoisotopic (exact) mass is 306 g/mol. The quantitative estimate of drug-likeness (QED) is 0.895. The van der Waals surface area contributed by atoms with Crippen molar-refractivity contribution in [3.63, 3.8) is 0 Å². The van der Waals surface area contributed by atoms with E-state index in [1.807, 2.05) is 6.07 Å². The summed E-state index contributed by atoms with van der Waals surface area (Å²) >= 11 is 5.87. The first kappa shape index (κ1) is 15.1. The number of carbonyl (C=O) groups excluding carboxylic acids is 2. The van der Waals surface area contributed by atoms with E-state index < -0.39 is 6.03 Å². The van der Waals surface area contributed by atoms with Crippen molar-refractivity contribution in [3.05, 3.63) is 28.8 Å². The summed E-state index contributed by atoms with van der Waals surface area (Å²) in [4.78, 5) is 25.2. The number of anilines is 1. The zero-order chi connectivity index (χ0) is 15.2. The van der Waals surface area contributed by atoms with Crippen molar-refractivity contribution in [1.29, 1.82) is 5.26 Å². The first-order chi connectivity index (χ1) is 10.1. The van der Waals surface area contributed by atoms with Crippen molar-refractivity contribution in [3.8, 4) is 6.07 Å². The molecule has 1 aromatic rings. The molecule has 3 amide bonds. The van der Waals surface area contributed by atoms with Crippen LogP contribution in [0, 0.1) is 11.3 Å². The maximum absolute atomic E-state index is 11.8. The Hall–Kier alpha value is -2.26. The van der Waals surface area contributed by atoms with Gasteiger partial charge in [0.05, 0.1) is 17.1 Å². The Morgan fingerprint density at radius 3 is 2.67 bits per heavy atom. The van der Waals surface area contributed by atoms with Gasteiger partial charge in [-0.15, -0.1) is 0 Å². The van der Waals surface area contributed by atoms with Gasteiger partial charge in [-0.25, -0.2) is 4.79 Å². The van der Waals surface area contributed by atoms with Gasteiger partial charge in [0, 0.05) is 18.8 Å². The molecule has 21 heavy (non-hydrogen) atoms. The maximum Gasteiger partial charge on any atom is 0.319 e. The third-order valence-electron chi connectivity index (χ3n) is 3.21. The SMILES string of the molecule is N#Cc1ccc(NC(=O)NCC(=O)N2CCCC2)cc1Cl. The van der Waals surface area contributed by atoms with Gasteiger partial charge >= 0.3 is 6.03 Å². The summed E-state index contributed by atoms with van der Waals surface area (Å²) in [5.41, 5.74) is 0.803. The van der Waals surface area contributed by atoms with E-state index in [1.54, 1.807) is 11.0 Å². The topological polar surface area (TPSA) is 85.2 Å². The zero-order valence-corrected chi connectivity index (χ0v) is 12.1. The Balaban J connectivity index is 1.83. The molecule has 6 nitrogen and oxygen atoms in total. The van der Waals surface area contributed by atoms with Crippen molar-refractivity contribution in [1.82, 2.24) is 10.2 Å². The molecule has 2 rings (SSSR count). The first-order valence-electron chi connectivity index (χ1n) is 6.62. The van der Waals surface area contributed by atoms with Crippen molar-refractivity contribution >= 4 is 29.2 Å². The molecular formula is C14H15ClN4O2. The number of nitriles is 1. The number of benzene rings is 1. The zero-order valence-electron chi connectivity index (χ0n) is 11.4. The van der Waals surface area contributed by atoms with Crippen molar-refractivity contribution < 1.29 is 9.59 Å². The van der Waals surface area contributed by atoms with Crippen LogP contribution in [0.5, 0.6) is 0 Å². The number of rotatable bonds is 3. The molecule has 1 aliphatic rings. The number of halogens is 1. The molecule has 0 spiro atoms. The molecule has 0 bridgehead atoms. The summed E-state index contributed by atoms with van der Waals surface area (Å²) < 4.78 is 0. The molecule has 1 fully saturated rings.